The second-order valence-corrected chi connectivity index (χ2v) is 3.11. The summed E-state index contributed by atoms with van der Waals surface area (Å²) >= 11 is 0. The van der Waals surface area contributed by atoms with Gasteiger partial charge in [0.25, 0.3) is 0 Å². The van der Waals surface area contributed by atoms with Crippen LogP contribution in [0.3, 0.4) is 0 Å². The third-order valence-corrected chi connectivity index (χ3v) is 2.23. The summed E-state index contributed by atoms with van der Waals surface area (Å²) in [5.74, 6) is 0.982. The van der Waals surface area contributed by atoms with Gasteiger partial charge in [-0.3, -0.25) is 4.79 Å². The Morgan fingerprint density at radius 3 is 2.23 bits per heavy atom. The molecule has 0 heterocycles. The van der Waals surface area contributed by atoms with E-state index >= 15 is 0 Å². The average Bonchev–Trinajstić information content (AvgIpc) is 2.17. The molecule has 1 rings (SSSR count). The Hall–Kier alpha value is -1.31. The zero-order valence-corrected chi connectivity index (χ0v) is 8.20. The van der Waals surface area contributed by atoms with Gasteiger partial charge in [0.15, 0.2) is 0 Å². The fourth-order valence-corrected chi connectivity index (χ4v) is 1.13. The number of hydrogen-bond donors (Lipinski definition) is 0. The molecule has 0 amide bonds. The van der Waals surface area contributed by atoms with Crippen LogP contribution >= 0.6 is 0 Å². The van der Waals surface area contributed by atoms with Gasteiger partial charge in [-0.15, -0.1) is 0 Å². The van der Waals surface area contributed by atoms with Crippen molar-refractivity contribution in [2.75, 3.05) is 7.11 Å². The van der Waals surface area contributed by atoms with Crippen LogP contribution in [0.2, 0.25) is 0 Å². The standard InChI is InChI=1S/C11H14O2/c1-8(9(2)12)10-4-6-11(13-3)7-5-10/h4-8H,1-3H3/t8-/m1/s1. The van der Waals surface area contributed by atoms with Crippen molar-refractivity contribution in [2.24, 2.45) is 0 Å². The highest BCUT2D eigenvalue weighted by atomic mass is 16.5. The quantitative estimate of drug-likeness (QED) is 0.710. The molecule has 0 fully saturated rings. The first-order chi connectivity index (χ1) is 6.15. The van der Waals surface area contributed by atoms with E-state index in [2.05, 4.69) is 0 Å². The third kappa shape index (κ3) is 2.31. The number of carbonyl (C=O) groups is 1. The van der Waals surface area contributed by atoms with Crippen molar-refractivity contribution in [3.8, 4) is 5.75 Å². The Balaban J connectivity index is 2.85. The molecule has 0 spiro atoms. The van der Waals surface area contributed by atoms with E-state index in [-0.39, 0.29) is 11.7 Å². The topological polar surface area (TPSA) is 26.3 Å². The van der Waals surface area contributed by atoms with Crippen molar-refractivity contribution < 1.29 is 9.53 Å². The highest BCUT2D eigenvalue weighted by molar-refractivity contribution is 5.82. The summed E-state index contributed by atoms with van der Waals surface area (Å²) in [5.41, 5.74) is 1.04. The molecule has 0 saturated carbocycles. The van der Waals surface area contributed by atoms with Gasteiger partial charge in [-0.1, -0.05) is 19.1 Å². The summed E-state index contributed by atoms with van der Waals surface area (Å²) in [5, 5.41) is 0. The summed E-state index contributed by atoms with van der Waals surface area (Å²) < 4.78 is 5.02. The molecule has 0 aliphatic rings. The predicted molar refractivity (Wildman–Crippen MR) is 52.1 cm³/mol. The fraction of sp³-hybridized carbons (Fsp3) is 0.364. The molecular weight excluding hydrogens is 164 g/mol. The Labute approximate surface area is 78.5 Å². The fourth-order valence-electron chi connectivity index (χ4n) is 1.13. The summed E-state index contributed by atoms with van der Waals surface area (Å²) in [6.07, 6.45) is 0. The molecule has 2 nitrogen and oxygen atoms in total. The molecule has 0 radical (unpaired) electrons. The molecule has 0 N–H and O–H groups in total. The molecule has 1 aromatic rings. The lowest BCUT2D eigenvalue weighted by Gasteiger charge is -2.08. The van der Waals surface area contributed by atoms with Gasteiger partial charge in [-0.05, 0) is 24.6 Å². The van der Waals surface area contributed by atoms with Gasteiger partial charge in [0.05, 0.1) is 7.11 Å². The van der Waals surface area contributed by atoms with Crippen LogP contribution in [0.5, 0.6) is 5.75 Å². The lowest BCUT2D eigenvalue weighted by Crippen LogP contribution is -2.03. The number of carbonyl (C=O) groups excluding carboxylic acids is 1. The molecule has 2 heteroatoms. The average molecular weight is 178 g/mol. The first kappa shape index (κ1) is 9.78. The van der Waals surface area contributed by atoms with Gasteiger partial charge in [0, 0.05) is 5.92 Å². The van der Waals surface area contributed by atoms with Crippen molar-refractivity contribution in [3.63, 3.8) is 0 Å². The minimum Gasteiger partial charge on any atom is -0.497 e. The molecule has 0 aliphatic heterocycles. The van der Waals surface area contributed by atoms with Crippen molar-refractivity contribution in [1.82, 2.24) is 0 Å². The highest BCUT2D eigenvalue weighted by Gasteiger charge is 2.09. The summed E-state index contributed by atoms with van der Waals surface area (Å²) in [7, 11) is 1.63. The van der Waals surface area contributed by atoms with Crippen LogP contribution in [0.15, 0.2) is 24.3 Å². The first-order valence-corrected chi connectivity index (χ1v) is 4.29. The second kappa shape index (κ2) is 4.08. The van der Waals surface area contributed by atoms with E-state index in [0.717, 1.165) is 11.3 Å². The van der Waals surface area contributed by atoms with Crippen LogP contribution in [-0.2, 0) is 4.79 Å². The van der Waals surface area contributed by atoms with Crippen LogP contribution < -0.4 is 4.74 Å². The van der Waals surface area contributed by atoms with Crippen molar-refractivity contribution >= 4 is 5.78 Å². The lowest BCUT2D eigenvalue weighted by atomic mass is 9.98. The van der Waals surface area contributed by atoms with Crippen molar-refractivity contribution in [3.05, 3.63) is 29.8 Å². The van der Waals surface area contributed by atoms with E-state index in [4.69, 9.17) is 4.74 Å². The molecule has 0 aromatic heterocycles. The Kier molecular flexibility index (Phi) is 3.07. The number of ketones is 1. The molecule has 0 aliphatic carbocycles. The molecule has 0 saturated heterocycles. The molecule has 13 heavy (non-hydrogen) atoms. The summed E-state index contributed by atoms with van der Waals surface area (Å²) in [6, 6.07) is 7.58. The smallest absolute Gasteiger partial charge is 0.136 e. The minimum absolute atomic E-state index is 0.0223. The third-order valence-electron chi connectivity index (χ3n) is 2.23. The molecule has 0 bridgehead atoms. The predicted octanol–water partition coefficient (Wildman–Crippen LogP) is 2.39. The van der Waals surface area contributed by atoms with E-state index in [1.54, 1.807) is 14.0 Å². The molecule has 1 aromatic carbocycles. The number of methoxy groups -OCH3 is 1. The Morgan fingerprint density at radius 2 is 1.85 bits per heavy atom. The second-order valence-electron chi connectivity index (χ2n) is 3.11. The van der Waals surface area contributed by atoms with Gasteiger partial charge in [0.2, 0.25) is 0 Å². The monoisotopic (exact) mass is 178 g/mol. The molecule has 0 unspecified atom stereocenters. The highest BCUT2D eigenvalue weighted by Crippen LogP contribution is 2.19. The van der Waals surface area contributed by atoms with Gasteiger partial charge >= 0.3 is 0 Å². The summed E-state index contributed by atoms with van der Waals surface area (Å²) in [4.78, 5) is 11.1. The van der Waals surface area contributed by atoms with E-state index < -0.39 is 0 Å². The van der Waals surface area contributed by atoms with Crippen LogP contribution in [0, 0.1) is 0 Å². The van der Waals surface area contributed by atoms with Crippen molar-refractivity contribution in [1.29, 1.82) is 0 Å². The largest absolute Gasteiger partial charge is 0.497 e. The van der Waals surface area contributed by atoms with Gasteiger partial charge in [0.1, 0.15) is 11.5 Å². The van der Waals surface area contributed by atoms with Crippen LogP contribution in [0.1, 0.15) is 25.3 Å². The zero-order valence-electron chi connectivity index (χ0n) is 8.20. The Bertz CT molecular complexity index is 287. The molecule has 70 valence electrons. The zero-order chi connectivity index (χ0) is 9.84. The van der Waals surface area contributed by atoms with Gasteiger partial charge in [-0.2, -0.15) is 0 Å². The number of hydrogen-bond acceptors (Lipinski definition) is 2. The van der Waals surface area contributed by atoms with E-state index in [9.17, 15) is 4.79 Å². The maximum atomic E-state index is 11.1. The van der Waals surface area contributed by atoms with E-state index in [1.807, 2.05) is 31.2 Å². The molecule has 1 atom stereocenters. The lowest BCUT2D eigenvalue weighted by molar-refractivity contribution is -0.118. The van der Waals surface area contributed by atoms with E-state index in [0.29, 0.717) is 0 Å². The number of ether oxygens (including phenoxy) is 1. The van der Waals surface area contributed by atoms with Crippen LogP contribution in [-0.4, -0.2) is 12.9 Å². The SMILES string of the molecule is COc1ccc([C@H](C)C(C)=O)cc1. The van der Waals surface area contributed by atoms with Crippen LogP contribution in [0.25, 0.3) is 0 Å². The molecular formula is C11H14O2. The number of Topliss-reactive ketones (excluding diaryl/α,β-unsaturated/α-hetero) is 1. The van der Waals surface area contributed by atoms with Crippen molar-refractivity contribution in [2.45, 2.75) is 19.8 Å². The minimum atomic E-state index is -0.0223. The van der Waals surface area contributed by atoms with Gasteiger partial charge < -0.3 is 4.74 Å². The maximum absolute atomic E-state index is 11.1. The van der Waals surface area contributed by atoms with E-state index in [1.165, 1.54) is 0 Å². The summed E-state index contributed by atoms with van der Waals surface area (Å²) in [6.45, 7) is 3.51. The maximum Gasteiger partial charge on any atom is 0.136 e. The Morgan fingerprint density at radius 1 is 1.31 bits per heavy atom. The number of rotatable bonds is 3. The van der Waals surface area contributed by atoms with Crippen LogP contribution in [0.4, 0.5) is 0 Å². The number of benzene rings is 1. The van der Waals surface area contributed by atoms with Gasteiger partial charge in [-0.25, -0.2) is 0 Å². The normalized spacial score (nSPS) is 12.2. The first-order valence-electron chi connectivity index (χ1n) is 4.29.